The molecule has 0 fully saturated rings. The van der Waals surface area contributed by atoms with E-state index in [0.717, 1.165) is 34.6 Å². The molecule has 3 aromatic rings. The van der Waals surface area contributed by atoms with Gasteiger partial charge in [-0.2, -0.15) is 5.12 Å². The number of nitrogens with zero attached hydrogens (tertiary/aromatic N) is 6. The standard InChI is InChI=1S/C33H43ClN8O11/c1-3-4-13-28-37-30(34)29(32(43)49-18-7-9-20-51-41(45)46)39(28)22-24-14-16-25(17-15-24)26-11-5-6-12-27(26)31(35)38-40(36)23(2)53-33(44)50-19-8-10-21-52-42(47)48/h5-6,11-12,14-17,23H,3-4,7-10,13,18-22,36H2,1-2H3,(H2,35,38). The highest BCUT2D eigenvalue weighted by molar-refractivity contribution is 6.32. The first-order chi connectivity index (χ1) is 25.4. The Labute approximate surface area is 309 Å². The van der Waals surface area contributed by atoms with Crippen LogP contribution in [0.3, 0.4) is 0 Å². The number of aryl methyl sites for hydroxylation is 1. The number of imidazole rings is 1. The second-order valence-corrected chi connectivity index (χ2v) is 11.8. The summed E-state index contributed by atoms with van der Waals surface area (Å²) in [7, 11) is 0. The predicted octanol–water partition coefficient (Wildman–Crippen LogP) is 5.02. The number of hydrazine groups is 1. The maximum Gasteiger partial charge on any atom is 0.510 e. The Kier molecular flexibility index (Phi) is 17.0. The molecule has 0 bridgehead atoms. The first kappa shape index (κ1) is 41.7. The van der Waals surface area contributed by atoms with E-state index in [9.17, 15) is 29.8 Å². The van der Waals surface area contributed by atoms with Crippen molar-refractivity contribution in [3.8, 4) is 11.1 Å². The average molecular weight is 763 g/mol. The molecule has 0 aliphatic rings. The summed E-state index contributed by atoms with van der Waals surface area (Å²) in [5, 5.41) is 23.8. The lowest BCUT2D eigenvalue weighted by molar-refractivity contribution is -0.757. The van der Waals surface area contributed by atoms with Crippen molar-refractivity contribution in [1.82, 2.24) is 14.7 Å². The topological polar surface area (TPSA) is 252 Å². The van der Waals surface area contributed by atoms with Crippen molar-refractivity contribution >= 4 is 29.6 Å². The normalized spacial score (nSPS) is 11.7. The third-order valence-corrected chi connectivity index (χ3v) is 7.81. The third kappa shape index (κ3) is 13.8. The zero-order valence-electron chi connectivity index (χ0n) is 29.4. The maximum absolute atomic E-state index is 13.1. The van der Waals surface area contributed by atoms with Crippen LogP contribution in [-0.4, -0.2) is 75.5 Å². The monoisotopic (exact) mass is 762 g/mol. The smallest absolute Gasteiger partial charge is 0.461 e. The Balaban J connectivity index is 1.69. The molecule has 1 unspecified atom stereocenters. The van der Waals surface area contributed by atoms with Gasteiger partial charge in [0.25, 0.3) is 10.2 Å². The molecule has 0 saturated carbocycles. The molecule has 1 heterocycles. The van der Waals surface area contributed by atoms with E-state index in [4.69, 9.17) is 37.4 Å². The van der Waals surface area contributed by atoms with Gasteiger partial charge in [0.2, 0.25) is 6.23 Å². The number of hydrazone groups is 1. The van der Waals surface area contributed by atoms with E-state index in [0.29, 0.717) is 43.5 Å². The summed E-state index contributed by atoms with van der Waals surface area (Å²) >= 11 is 6.45. The summed E-state index contributed by atoms with van der Waals surface area (Å²) in [6.45, 7) is 3.58. The Bertz CT molecular complexity index is 1700. The SMILES string of the molecule is CCCCc1nc(Cl)c(C(=O)OCCCCO[N+](=O)[O-])n1Cc1ccc(-c2ccccc2/C(N)=N/N(N)C(C)OC(=O)OCCCCO[N+](=O)[O-])cc1. The number of carbonyl (C=O) groups is 2. The fourth-order valence-corrected chi connectivity index (χ4v) is 5.13. The van der Waals surface area contributed by atoms with E-state index < -0.39 is 28.5 Å². The lowest BCUT2D eigenvalue weighted by Gasteiger charge is -2.21. The molecule has 20 heteroatoms. The molecule has 3 rings (SSSR count). The van der Waals surface area contributed by atoms with Crippen LogP contribution in [0.1, 0.15) is 79.8 Å². The zero-order chi connectivity index (χ0) is 38.8. The molecular formula is C33H43ClN8O11. The molecule has 0 radical (unpaired) electrons. The molecule has 1 aromatic heterocycles. The lowest BCUT2D eigenvalue weighted by Crippen LogP contribution is -2.40. The van der Waals surface area contributed by atoms with Gasteiger partial charge in [-0.15, -0.1) is 25.3 Å². The summed E-state index contributed by atoms with van der Waals surface area (Å²) < 4.78 is 17.3. The van der Waals surface area contributed by atoms with Crippen molar-refractivity contribution in [2.24, 2.45) is 16.7 Å². The van der Waals surface area contributed by atoms with Crippen LogP contribution in [0.25, 0.3) is 11.1 Å². The van der Waals surface area contributed by atoms with Crippen molar-refractivity contribution in [3.05, 3.63) is 96.6 Å². The number of ether oxygens (including phenoxy) is 3. The van der Waals surface area contributed by atoms with Crippen LogP contribution in [0.15, 0.2) is 53.6 Å². The molecule has 19 nitrogen and oxygen atoms in total. The summed E-state index contributed by atoms with van der Waals surface area (Å²) in [5.74, 6) is 6.05. The number of nitrogens with two attached hydrogens (primary N) is 2. The summed E-state index contributed by atoms with van der Waals surface area (Å²) in [6, 6.07) is 14.8. The largest absolute Gasteiger partial charge is 0.510 e. The van der Waals surface area contributed by atoms with Crippen molar-refractivity contribution in [2.75, 3.05) is 26.4 Å². The number of aromatic nitrogens is 2. The molecule has 2 aromatic carbocycles. The summed E-state index contributed by atoms with van der Waals surface area (Å²) in [4.78, 5) is 58.6. The van der Waals surface area contributed by atoms with E-state index >= 15 is 0 Å². The molecule has 53 heavy (non-hydrogen) atoms. The fraction of sp³-hybridized carbons (Fsp3) is 0.455. The number of hydrogen-bond donors (Lipinski definition) is 2. The van der Waals surface area contributed by atoms with E-state index in [1.165, 1.54) is 6.92 Å². The van der Waals surface area contributed by atoms with E-state index in [2.05, 4.69) is 19.8 Å². The number of halogens is 1. The quantitative estimate of drug-likeness (QED) is 0.0188. The van der Waals surface area contributed by atoms with Gasteiger partial charge in [-0.1, -0.05) is 73.5 Å². The van der Waals surface area contributed by atoms with Gasteiger partial charge in [0.05, 0.1) is 26.4 Å². The van der Waals surface area contributed by atoms with Gasteiger partial charge in [0.15, 0.2) is 16.7 Å². The Morgan fingerprint density at radius 1 is 0.943 bits per heavy atom. The van der Waals surface area contributed by atoms with Gasteiger partial charge in [-0.05, 0) is 55.7 Å². The highest BCUT2D eigenvalue weighted by Crippen LogP contribution is 2.26. The number of benzene rings is 2. The van der Waals surface area contributed by atoms with E-state index in [1.807, 2.05) is 43.3 Å². The number of rotatable bonds is 23. The average Bonchev–Trinajstić information content (AvgIpc) is 3.43. The van der Waals surface area contributed by atoms with Gasteiger partial charge in [-0.3, -0.25) is 0 Å². The molecule has 0 aliphatic heterocycles. The molecule has 0 saturated heterocycles. The van der Waals surface area contributed by atoms with Crippen LogP contribution in [-0.2, 0) is 36.9 Å². The second-order valence-electron chi connectivity index (χ2n) is 11.4. The number of esters is 1. The minimum Gasteiger partial charge on any atom is -0.461 e. The molecule has 0 spiro atoms. The number of amidine groups is 1. The van der Waals surface area contributed by atoms with Crippen molar-refractivity contribution in [2.45, 2.75) is 71.6 Å². The number of hydrogen-bond acceptors (Lipinski definition) is 15. The maximum atomic E-state index is 13.1. The Morgan fingerprint density at radius 3 is 2.17 bits per heavy atom. The highest BCUT2D eigenvalue weighted by Gasteiger charge is 2.24. The van der Waals surface area contributed by atoms with Crippen LogP contribution in [0.2, 0.25) is 5.15 Å². The Morgan fingerprint density at radius 2 is 1.55 bits per heavy atom. The number of carbonyl (C=O) groups excluding carboxylic acids is 2. The lowest BCUT2D eigenvalue weighted by atomic mass is 9.98. The van der Waals surface area contributed by atoms with Crippen LogP contribution in [0.4, 0.5) is 4.79 Å². The minimum absolute atomic E-state index is 0.0277. The first-order valence-corrected chi connectivity index (χ1v) is 17.2. The summed E-state index contributed by atoms with van der Waals surface area (Å²) in [6.07, 6.45) is 1.61. The van der Waals surface area contributed by atoms with Gasteiger partial charge < -0.3 is 34.2 Å². The van der Waals surface area contributed by atoms with Gasteiger partial charge in [0.1, 0.15) is 5.82 Å². The molecule has 0 amide bonds. The van der Waals surface area contributed by atoms with E-state index in [-0.39, 0.29) is 49.7 Å². The predicted molar refractivity (Wildman–Crippen MR) is 190 cm³/mol. The van der Waals surface area contributed by atoms with Gasteiger partial charge in [0, 0.05) is 18.5 Å². The van der Waals surface area contributed by atoms with Gasteiger partial charge >= 0.3 is 12.1 Å². The van der Waals surface area contributed by atoms with Crippen LogP contribution < -0.4 is 11.6 Å². The van der Waals surface area contributed by atoms with E-state index in [1.54, 1.807) is 16.7 Å². The van der Waals surface area contributed by atoms with Gasteiger partial charge in [-0.25, -0.2) is 20.4 Å². The molecular weight excluding hydrogens is 720 g/mol. The molecule has 0 aliphatic carbocycles. The van der Waals surface area contributed by atoms with Crippen LogP contribution >= 0.6 is 11.6 Å². The highest BCUT2D eigenvalue weighted by atomic mass is 35.5. The molecule has 4 N–H and O–H groups in total. The van der Waals surface area contributed by atoms with Crippen molar-refractivity contribution in [1.29, 1.82) is 0 Å². The number of unbranched alkanes of at least 4 members (excludes halogenated alkanes) is 3. The van der Waals surface area contributed by atoms with Crippen LogP contribution in [0.5, 0.6) is 0 Å². The molecule has 288 valence electrons. The first-order valence-electron chi connectivity index (χ1n) is 16.8. The summed E-state index contributed by atoms with van der Waals surface area (Å²) in [5.41, 5.74) is 9.42. The van der Waals surface area contributed by atoms with Crippen molar-refractivity contribution in [3.63, 3.8) is 0 Å². The van der Waals surface area contributed by atoms with Crippen LogP contribution in [0, 0.1) is 20.2 Å². The minimum atomic E-state index is -1.05. The molecule has 1 atom stereocenters. The zero-order valence-corrected chi connectivity index (χ0v) is 30.1. The second kappa shape index (κ2) is 21.6. The Hall–Kier alpha value is -5.69. The fourth-order valence-electron chi connectivity index (χ4n) is 4.85. The third-order valence-electron chi connectivity index (χ3n) is 7.55. The van der Waals surface area contributed by atoms with Crippen molar-refractivity contribution < 1.29 is 43.6 Å².